The third-order valence-corrected chi connectivity index (χ3v) is 5.52. The number of carbonyl (C=O) groups is 1. The summed E-state index contributed by atoms with van der Waals surface area (Å²) >= 11 is 3.40. The molecule has 2 N–H and O–H groups in total. The van der Waals surface area contributed by atoms with Crippen LogP contribution in [0.3, 0.4) is 0 Å². The Bertz CT molecular complexity index is 826. The number of hydrogen-bond donors (Lipinski definition) is 1. The first-order valence-electron chi connectivity index (χ1n) is 10.5. The SMILES string of the molecule is C1CCCCC1.CC(C)(C)OC(=O)N(CC1CC1)c1cc(N)nc2c(Br)cnn12. The van der Waals surface area contributed by atoms with Crippen LogP contribution in [-0.2, 0) is 4.74 Å². The smallest absolute Gasteiger partial charge is 0.416 e. The first kappa shape index (κ1) is 21.9. The summed E-state index contributed by atoms with van der Waals surface area (Å²) in [4.78, 5) is 18.5. The summed E-state index contributed by atoms with van der Waals surface area (Å²) < 4.78 is 7.88. The third kappa shape index (κ3) is 6.32. The Morgan fingerprint density at radius 1 is 1.24 bits per heavy atom. The van der Waals surface area contributed by atoms with Gasteiger partial charge in [-0.1, -0.05) is 38.5 Å². The van der Waals surface area contributed by atoms with Crippen LogP contribution in [0.4, 0.5) is 16.4 Å². The van der Waals surface area contributed by atoms with Crippen molar-refractivity contribution in [2.75, 3.05) is 17.2 Å². The number of halogens is 1. The van der Waals surface area contributed by atoms with Gasteiger partial charge < -0.3 is 10.5 Å². The molecule has 0 aliphatic heterocycles. The van der Waals surface area contributed by atoms with Gasteiger partial charge in [0.25, 0.3) is 0 Å². The molecule has 0 bridgehead atoms. The standard InChI is InChI=1S/C15H20BrN5O2.C6H12/c1-15(2,3)23-14(22)20(8-9-4-5-9)12-6-11(17)19-13-10(16)7-18-21(12)13;1-2-4-6-5-3-1/h6-7,9H,4-5,8H2,1-3H3,(H2,17,19);1-6H2. The minimum absolute atomic E-state index is 0.332. The molecule has 2 fully saturated rings. The number of aromatic nitrogens is 3. The van der Waals surface area contributed by atoms with Gasteiger partial charge in [0.15, 0.2) is 5.65 Å². The van der Waals surface area contributed by atoms with Crippen LogP contribution in [-0.4, -0.2) is 32.8 Å². The number of anilines is 2. The molecule has 8 heteroatoms. The molecule has 2 saturated carbocycles. The molecule has 160 valence electrons. The van der Waals surface area contributed by atoms with Crippen molar-refractivity contribution in [3.63, 3.8) is 0 Å². The lowest BCUT2D eigenvalue weighted by Crippen LogP contribution is -2.39. The van der Waals surface area contributed by atoms with E-state index in [4.69, 9.17) is 10.5 Å². The van der Waals surface area contributed by atoms with Crippen molar-refractivity contribution in [2.45, 2.75) is 77.7 Å². The molecule has 0 aromatic carbocycles. The fourth-order valence-corrected chi connectivity index (χ4v) is 3.68. The van der Waals surface area contributed by atoms with Gasteiger partial charge in [-0.05, 0) is 55.5 Å². The number of nitrogen functional groups attached to an aromatic ring is 1. The molecule has 2 aromatic heterocycles. The van der Waals surface area contributed by atoms with Crippen LogP contribution in [0.2, 0.25) is 0 Å². The van der Waals surface area contributed by atoms with Crippen LogP contribution >= 0.6 is 15.9 Å². The molecule has 0 radical (unpaired) electrons. The van der Waals surface area contributed by atoms with Crippen LogP contribution in [0, 0.1) is 5.92 Å². The summed E-state index contributed by atoms with van der Waals surface area (Å²) in [6.07, 6.45) is 12.5. The van der Waals surface area contributed by atoms with Crippen molar-refractivity contribution in [1.82, 2.24) is 14.6 Å². The number of rotatable bonds is 3. The second-order valence-electron chi connectivity index (χ2n) is 8.92. The van der Waals surface area contributed by atoms with Crippen LogP contribution in [0.1, 0.15) is 72.1 Å². The topological polar surface area (TPSA) is 85.8 Å². The van der Waals surface area contributed by atoms with Crippen molar-refractivity contribution in [3.8, 4) is 0 Å². The minimum Gasteiger partial charge on any atom is -0.443 e. The van der Waals surface area contributed by atoms with Crippen molar-refractivity contribution in [2.24, 2.45) is 5.92 Å². The number of fused-ring (bicyclic) bond motifs is 1. The molecule has 2 aliphatic carbocycles. The van der Waals surface area contributed by atoms with E-state index in [1.807, 2.05) is 20.8 Å². The lowest BCUT2D eigenvalue weighted by Gasteiger charge is -2.27. The molecule has 0 unspecified atom stereocenters. The molecule has 0 atom stereocenters. The Morgan fingerprint density at radius 2 is 1.83 bits per heavy atom. The van der Waals surface area contributed by atoms with Crippen molar-refractivity contribution < 1.29 is 9.53 Å². The predicted octanol–water partition coefficient (Wildman–Crippen LogP) is 5.57. The molecule has 29 heavy (non-hydrogen) atoms. The number of ether oxygens (including phenoxy) is 1. The number of amides is 1. The van der Waals surface area contributed by atoms with Crippen LogP contribution in [0.15, 0.2) is 16.7 Å². The van der Waals surface area contributed by atoms with Gasteiger partial charge in [0.1, 0.15) is 17.2 Å². The maximum absolute atomic E-state index is 12.7. The highest BCUT2D eigenvalue weighted by Gasteiger charge is 2.32. The quantitative estimate of drug-likeness (QED) is 0.640. The Morgan fingerprint density at radius 3 is 2.34 bits per heavy atom. The van der Waals surface area contributed by atoms with Crippen molar-refractivity contribution >= 4 is 39.3 Å². The zero-order valence-corrected chi connectivity index (χ0v) is 19.2. The second kappa shape index (κ2) is 9.32. The minimum atomic E-state index is -0.568. The highest BCUT2D eigenvalue weighted by molar-refractivity contribution is 9.10. The van der Waals surface area contributed by atoms with Crippen LogP contribution < -0.4 is 10.6 Å². The zero-order valence-electron chi connectivity index (χ0n) is 17.7. The molecule has 2 aliphatic rings. The third-order valence-electron chi connectivity index (χ3n) is 4.96. The molecule has 2 aromatic rings. The zero-order chi connectivity index (χ0) is 21.0. The summed E-state index contributed by atoms with van der Waals surface area (Å²) in [5, 5.41) is 4.29. The first-order chi connectivity index (χ1) is 13.7. The van der Waals surface area contributed by atoms with Gasteiger partial charge in [-0.25, -0.2) is 9.78 Å². The Labute approximate surface area is 181 Å². The highest BCUT2D eigenvalue weighted by Crippen LogP contribution is 2.33. The van der Waals surface area contributed by atoms with E-state index in [1.165, 1.54) is 38.5 Å². The van der Waals surface area contributed by atoms with Crippen molar-refractivity contribution in [3.05, 3.63) is 16.7 Å². The number of nitrogens with two attached hydrogens (primary N) is 1. The lowest BCUT2D eigenvalue weighted by atomic mass is 10.0. The molecule has 0 saturated heterocycles. The van der Waals surface area contributed by atoms with Crippen LogP contribution in [0.5, 0.6) is 0 Å². The van der Waals surface area contributed by atoms with Gasteiger partial charge in [-0.2, -0.15) is 9.61 Å². The van der Waals surface area contributed by atoms with Gasteiger partial charge in [-0.3, -0.25) is 4.90 Å². The maximum atomic E-state index is 12.7. The Kier molecular flexibility index (Phi) is 7.03. The van der Waals surface area contributed by atoms with Gasteiger partial charge in [0.2, 0.25) is 0 Å². The Balaban J connectivity index is 0.000000343. The maximum Gasteiger partial charge on any atom is 0.416 e. The van der Waals surface area contributed by atoms with E-state index in [0.29, 0.717) is 29.7 Å². The lowest BCUT2D eigenvalue weighted by molar-refractivity contribution is 0.0577. The van der Waals surface area contributed by atoms with E-state index in [9.17, 15) is 4.79 Å². The summed E-state index contributed by atoms with van der Waals surface area (Å²) in [6, 6.07) is 1.65. The monoisotopic (exact) mass is 465 g/mol. The molecule has 4 rings (SSSR count). The van der Waals surface area contributed by atoms with E-state index in [1.54, 1.807) is 21.7 Å². The average Bonchev–Trinajstić information content (AvgIpc) is 3.42. The average molecular weight is 466 g/mol. The van der Waals surface area contributed by atoms with Gasteiger partial charge in [0.05, 0.1) is 10.7 Å². The van der Waals surface area contributed by atoms with Gasteiger partial charge in [0, 0.05) is 12.6 Å². The van der Waals surface area contributed by atoms with Crippen LogP contribution in [0.25, 0.3) is 5.65 Å². The fraction of sp³-hybridized carbons (Fsp3) is 0.667. The second-order valence-corrected chi connectivity index (χ2v) is 9.78. The predicted molar refractivity (Wildman–Crippen MR) is 119 cm³/mol. The fourth-order valence-electron chi connectivity index (χ4n) is 3.33. The molecule has 7 nitrogen and oxygen atoms in total. The van der Waals surface area contributed by atoms with Gasteiger partial charge >= 0.3 is 6.09 Å². The van der Waals surface area contributed by atoms with Crippen molar-refractivity contribution in [1.29, 1.82) is 0 Å². The summed E-state index contributed by atoms with van der Waals surface area (Å²) in [7, 11) is 0. The molecular formula is C21H32BrN5O2. The van der Waals surface area contributed by atoms with Gasteiger partial charge in [-0.15, -0.1) is 0 Å². The number of hydrogen-bond acceptors (Lipinski definition) is 5. The molecule has 2 heterocycles. The Hall–Kier alpha value is -1.83. The van der Waals surface area contributed by atoms with E-state index >= 15 is 0 Å². The number of carbonyl (C=O) groups excluding carboxylic acids is 1. The van der Waals surface area contributed by atoms with E-state index in [2.05, 4.69) is 26.0 Å². The first-order valence-corrected chi connectivity index (χ1v) is 11.3. The van der Waals surface area contributed by atoms with E-state index in [0.717, 1.165) is 17.3 Å². The highest BCUT2D eigenvalue weighted by atomic mass is 79.9. The number of nitrogens with zero attached hydrogens (tertiary/aromatic N) is 4. The summed E-state index contributed by atoms with van der Waals surface area (Å²) in [5.41, 5.74) is 5.92. The largest absolute Gasteiger partial charge is 0.443 e. The normalized spacial score (nSPS) is 16.8. The molecule has 0 spiro atoms. The van der Waals surface area contributed by atoms with E-state index in [-0.39, 0.29) is 0 Å². The van der Waals surface area contributed by atoms with E-state index < -0.39 is 11.7 Å². The molecular weight excluding hydrogens is 434 g/mol. The summed E-state index contributed by atoms with van der Waals surface area (Å²) in [5.74, 6) is 1.39. The summed E-state index contributed by atoms with van der Waals surface area (Å²) in [6.45, 7) is 6.13. The molecule has 1 amide bonds.